The smallest absolute Gasteiger partial charge is 0.350 e. The zero-order valence-electron chi connectivity index (χ0n) is 14.6. The van der Waals surface area contributed by atoms with E-state index >= 15 is 0 Å². The lowest BCUT2D eigenvalue weighted by Crippen LogP contribution is -2.39. The number of thiophene rings is 1. The van der Waals surface area contributed by atoms with Crippen molar-refractivity contribution < 1.29 is 14.3 Å². The zero-order valence-corrected chi connectivity index (χ0v) is 15.4. The van der Waals surface area contributed by atoms with Crippen molar-refractivity contribution in [1.82, 2.24) is 4.90 Å². The van der Waals surface area contributed by atoms with Crippen LogP contribution in [0.3, 0.4) is 0 Å². The van der Waals surface area contributed by atoms with Crippen molar-refractivity contribution in [3.8, 4) is 0 Å². The fraction of sp³-hybridized carbons (Fsp3) is 0.647. The average molecular weight is 338 g/mol. The standard InChI is InChI=1S/C17H26N2O3S/c1-17(2,3)13-10-12(14(23-13)16(21)22-5)18-11-8-6-7-9-19(4)15(11)20/h10-11,18H,6-9H2,1-5H3/t11-/m0/s1. The summed E-state index contributed by atoms with van der Waals surface area (Å²) in [6.45, 7) is 7.11. The summed E-state index contributed by atoms with van der Waals surface area (Å²) in [5, 5.41) is 3.30. The maximum absolute atomic E-state index is 12.5. The van der Waals surface area contributed by atoms with Crippen LogP contribution in [0.2, 0.25) is 0 Å². The Bertz CT molecular complexity index is 589. The second-order valence-electron chi connectivity index (χ2n) is 7.05. The Hall–Kier alpha value is -1.56. The molecule has 0 bridgehead atoms. The van der Waals surface area contributed by atoms with Crippen molar-refractivity contribution >= 4 is 28.9 Å². The largest absolute Gasteiger partial charge is 0.465 e. The number of amides is 1. The number of hydrogen-bond acceptors (Lipinski definition) is 5. The number of nitrogens with zero attached hydrogens (tertiary/aromatic N) is 1. The van der Waals surface area contributed by atoms with E-state index in [9.17, 15) is 9.59 Å². The number of esters is 1. The summed E-state index contributed by atoms with van der Waals surface area (Å²) in [5.74, 6) is -0.274. The number of methoxy groups -OCH3 is 1. The minimum absolute atomic E-state index is 0.0579. The summed E-state index contributed by atoms with van der Waals surface area (Å²) in [5.41, 5.74) is 0.651. The first kappa shape index (κ1) is 17.8. The van der Waals surface area contributed by atoms with Crippen LogP contribution in [0, 0.1) is 0 Å². The summed E-state index contributed by atoms with van der Waals surface area (Å²) >= 11 is 1.43. The lowest BCUT2D eigenvalue weighted by molar-refractivity contribution is -0.130. The second kappa shape index (κ2) is 6.91. The molecule has 0 radical (unpaired) electrons. The minimum Gasteiger partial charge on any atom is -0.465 e. The number of ether oxygens (including phenoxy) is 1. The van der Waals surface area contributed by atoms with Gasteiger partial charge in [-0.15, -0.1) is 11.3 Å². The fourth-order valence-electron chi connectivity index (χ4n) is 2.63. The van der Waals surface area contributed by atoms with Gasteiger partial charge in [-0.2, -0.15) is 0 Å². The second-order valence-corrected chi connectivity index (χ2v) is 8.10. The molecule has 1 N–H and O–H groups in total. The van der Waals surface area contributed by atoms with Crippen LogP contribution in [0.4, 0.5) is 5.69 Å². The van der Waals surface area contributed by atoms with Gasteiger partial charge >= 0.3 is 5.97 Å². The molecule has 2 heterocycles. The van der Waals surface area contributed by atoms with Gasteiger partial charge in [0.25, 0.3) is 0 Å². The molecular weight excluding hydrogens is 312 g/mol. The third kappa shape index (κ3) is 4.05. The summed E-state index contributed by atoms with van der Waals surface area (Å²) in [6, 6.07) is 1.70. The SMILES string of the molecule is COC(=O)c1sc(C(C)(C)C)cc1N[C@H]1CCCCN(C)C1=O. The van der Waals surface area contributed by atoms with Gasteiger partial charge in [0.05, 0.1) is 12.8 Å². The Kier molecular flexibility index (Phi) is 5.34. The highest BCUT2D eigenvalue weighted by Crippen LogP contribution is 2.36. The zero-order chi connectivity index (χ0) is 17.2. The number of likely N-dealkylation sites (N-methyl/N-ethyl adjacent to an activating group) is 1. The molecule has 1 aliphatic rings. The van der Waals surface area contributed by atoms with E-state index in [4.69, 9.17) is 4.74 Å². The van der Waals surface area contributed by atoms with Crippen molar-refractivity contribution in [3.05, 3.63) is 15.8 Å². The van der Waals surface area contributed by atoms with Crippen LogP contribution in [0.5, 0.6) is 0 Å². The molecule has 1 aromatic heterocycles. The third-order valence-electron chi connectivity index (χ3n) is 4.08. The fourth-order valence-corrected chi connectivity index (χ4v) is 3.73. The Labute approximate surface area is 142 Å². The highest BCUT2D eigenvalue weighted by atomic mass is 32.1. The molecule has 1 aliphatic heterocycles. The minimum atomic E-state index is -0.359. The predicted octanol–water partition coefficient (Wildman–Crippen LogP) is 3.26. The number of carbonyl (C=O) groups excluding carboxylic acids is 2. The van der Waals surface area contributed by atoms with Crippen molar-refractivity contribution in [1.29, 1.82) is 0 Å². The van der Waals surface area contributed by atoms with Crippen LogP contribution in [0.1, 0.15) is 54.6 Å². The van der Waals surface area contributed by atoms with E-state index in [1.165, 1.54) is 18.4 Å². The van der Waals surface area contributed by atoms with Crippen molar-refractivity contribution in [3.63, 3.8) is 0 Å². The Morgan fingerprint density at radius 2 is 2.09 bits per heavy atom. The lowest BCUT2D eigenvalue weighted by Gasteiger charge is -2.21. The first-order valence-electron chi connectivity index (χ1n) is 7.98. The molecule has 6 heteroatoms. The molecule has 23 heavy (non-hydrogen) atoms. The van der Waals surface area contributed by atoms with E-state index in [2.05, 4.69) is 26.1 Å². The van der Waals surface area contributed by atoms with E-state index in [1.807, 2.05) is 13.1 Å². The van der Waals surface area contributed by atoms with Gasteiger partial charge in [-0.25, -0.2) is 4.79 Å². The molecule has 1 amide bonds. The topological polar surface area (TPSA) is 58.6 Å². The average Bonchev–Trinajstić information content (AvgIpc) is 2.85. The molecule has 0 spiro atoms. The maximum atomic E-state index is 12.5. The molecule has 128 valence electrons. The number of hydrogen-bond donors (Lipinski definition) is 1. The van der Waals surface area contributed by atoms with Crippen LogP contribution in [-0.2, 0) is 14.9 Å². The van der Waals surface area contributed by atoms with Gasteiger partial charge in [-0.3, -0.25) is 4.79 Å². The summed E-state index contributed by atoms with van der Waals surface area (Å²) in [6.07, 6.45) is 2.79. The number of nitrogens with one attached hydrogen (secondary N) is 1. The molecule has 1 fully saturated rings. The third-order valence-corrected chi connectivity index (χ3v) is 5.62. The van der Waals surface area contributed by atoms with Crippen LogP contribution in [0.15, 0.2) is 6.07 Å². The molecule has 2 rings (SSSR count). The number of carbonyl (C=O) groups is 2. The molecule has 0 aromatic carbocycles. The quantitative estimate of drug-likeness (QED) is 0.860. The normalized spacial score (nSPS) is 19.4. The molecule has 1 saturated heterocycles. The van der Waals surface area contributed by atoms with Crippen LogP contribution in [0.25, 0.3) is 0 Å². The first-order valence-corrected chi connectivity index (χ1v) is 8.80. The molecular formula is C17H26N2O3S. The van der Waals surface area contributed by atoms with E-state index < -0.39 is 0 Å². The number of anilines is 1. The Morgan fingerprint density at radius 1 is 1.39 bits per heavy atom. The van der Waals surface area contributed by atoms with Gasteiger partial charge in [0.2, 0.25) is 5.91 Å². The van der Waals surface area contributed by atoms with Gasteiger partial charge in [-0.05, 0) is 30.7 Å². The van der Waals surface area contributed by atoms with E-state index in [0.717, 1.165) is 30.7 Å². The number of rotatable bonds is 3. The highest BCUT2D eigenvalue weighted by molar-refractivity contribution is 7.14. The molecule has 1 atom stereocenters. The molecule has 0 saturated carbocycles. The summed E-state index contributed by atoms with van der Waals surface area (Å²) in [7, 11) is 3.21. The van der Waals surface area contributed by atoms with E-state index in [0.29, 0.717) is 10.6 Å². The van der Waals surface area contributed by atoms with Gasteiger partial charge in [-0.1, -0.05) is 20.8 Å². The Morgan fingerprint density at radius 3 is 2.70 bits per heavy atom. The maximum Gasteiger partial charge on any atom is 0.350 e. The van der Waals surface area contributed by atoms with Gasteiger partial charge < -0.3 is 15.0 Å². The van der Waals surface area contributed by atoms with E-state index in [1.54, 1.807) is 4.90 Å². The molecule has 1 aromatic rings. The van der Waals surface area contributed by atoms with Gasteiger partial charge in [0, 0.05) is 18.5 Å². The number of likely N-dealkylation sites (tertiary alicyclic amines) is 1. The monoisotopic (exact) mass is 338 g/mol. The van der Waals surface area contributed by atoms with Gasteiger partial charge in [0.1, 0.15) is 10.9 Å². The summed E-state index contributed by atoms with van der Waals surface area (Å²) in [4.78, 5) is 27.9. The van der Waals surface area contributed by atoms with Crippen molar-refractivity contribution in [2.75, 3.05) is 26.0 Å². The van der Waals surface area contributed by atoms with Crippen LogP contribution in [-0.4, -0.2) is 43.5 Å². The molecule has 5 nitrogen and oxygen atoms in total. The lowest BCUT2D eigenvalue weighted by atomic mass is 9.94. The molecule has 0 aliphatic carbocycles. The van der Waals surface area contributed by atoms with Crippen LogP contribution < -0.4 is 5.32 Å². The highest BCUT2D eigenvalue weighted by Gasteiger charge is 2.29. The van der Waals surface area contributed by atoms with Crippen molar-refractivity contribution in [2.24, 2.45) is 0 Å². The van der Waals surface area contributed by atoms with Crippen LogP contribution >= 0.6 is 11.3 Å². The van der Waals surface area contributed by atoms with Crippen molar-refractivity contribution in [2.45, 2.75) is 51.5 Å². The summed E-state index contributed by atoms with van der Waals surface area (Å²) < 4.78 is 4.90. The predicted molar refractivity (Wildman–Crippen MR) is 93.3 cm³/mol. The Balaban J connectivity index is 2.32. The van der Waals surface area contributed by atoms with Gasteiger partial charge in [0.15, 0.2) is 0 Å². The molecule has 0 unspecified atom stereocenters. The first-order chi connectivity index (χ1) is 10.7. The van der Waals surface area contributed by atoms with E-state index in [-0.39, 0.29) is 23.3 Å².